The Morgan fingerprint density at radius 1 is 1.12 bits per heavy atom. The van der Waals surface area contributed by atoms with Crippen LogP contribution in [0, 0.1) is 0 Å². The predicted molar refractivity (Wildman–Crippen MR) is 101 cm³/mol. The lowest BCUT2D eigenvalue weighted by Gasteiger charge is -2.20. The minimum atomic E-state index is -0.661. The smallest absolute Gasteiger partial charge is 0.265 e. The van der Waals surface area contributed by atoms with E-state index in [1.54, 1.807) is 25.1 Å². The molecule has 5 nitrogen and oxygen atoms in total. The molecule has 1 unspecified atom stereocenters. The molecule has 0 aliphatic carbocycles. The van der Waals surface area contributed by atoms with E-state index < -0.39 is 6.10 Å². The molecule has 1 amide bonds. The third-order valence-electron chi connectivity index (χ3n) is 3.88. The van der Waals surface area contributed by atoms with Crippen LogP contribution in [0.4, 0.5) is 11.4 Å². The topological polar surface area (TPSA) is 73.6 Å². The van der Waals surface area contributed by atoms with Crippen LogP contribution in [0.3, 0.4) is 0 Å². The summed E-state index contributed by atoms with van der Waals surface area (Å²) in [6.45, 7) is 8.15. The first-order valence-corrected chi connectivity index (χ1v) is 8.22. The van der Waals surface area contributed by atoms with Crippen LogP contribution in [0.5, 0.6) is 11.5 Å². The first kappa shape index (κ1) is 18.6. The summed E-state index contributed by atoms with van der Waals surface area (Å²) >= 11 is 0. The number of nitrogens with one attached hydrogen (secondary N) is 1. The van der Waals surface area contributed by atoms with Gasteiger partial charge in [-0.25, -0.2) is 0 Å². The highest BCUT2D eigenvalue weighted by molar-refractivity contribution is 5.95. The van der Waals surface area contributed by atoms with Crippen molar-refractivity contribution in [1.82, 2.24) is 0 Å². The van der Waals surface area contributed by atoms with Crippen molar-refractivity contribution in [2.75, 3.05) is 18.2 Å². The Kier molecular flexibility index (Phi) is 5.57. The van der Waals surface area contributed by atoms with Gasteiger partial charge < -0.3 is 20.5 Å². The number of rotatable bonds is 5. The first-order valence-electron chi connectivity index (χ1n) is 8.22. The molecule has 2 aromatic carbocycles. The monoisotopic (exact) mass is 342 g/mol. The van der Waals surface area contributed by atoms with E-state index in [4.69, 9.17) is 15.2 Å². The zero-order valence-electron chi connectivity index (χ0n) is 15.4. The zero-order chi connectivity index (χ0) is 18.6. The van der Waals surface area contributed by atoms with Crippen LogP contribution >= 0.6 is 0 Å². The molecule has 0 heterocycles. The summed E-state index contributed by atoms with van der Waals surface area (Å²) in [5.41, 5.74) is 8.12. The fraction of sp³-hybridized carbons (Fsp3) is 0.350. The first-order chi connectivity index (χ1) is 11.7. The van der Waals surface area contributed by atoms with Gasteiger partial charge in [-0.05, 0) is 48.2 Å². The number of amides is 1. The van der Waals surface area contributed by atoms with Crippen LogP contribution < -0.4 is 20.5 Å². The van der Waals surface area contributed by atoms with Crippen molar-refractivity contribution < 1.29 is 14.3 Å². The highest BCUT2D eigenvalue weighted by Gasteiger charge is 2.18. The highest BCUT2D eigenvalue weighted by Crippen LogP contribution is 2.27. The summed E-state index contributed by atoms with van der Waals surface area (Å²) in [6, 6.07) is 12.9. The van der Waals surface area contributed by atoms with Gasteiger partial charge in [0.25, 0.3) is 5.91 Å². The van der Waals surface area contributed by atoms with E-state index >= 15 is 0 Å². The van der Waals surface area contributed by atoms with E-state index in [0.717, 1.165) is 0 Å². The number of nitrogen functional groups attached to an aromatic ring is 1. The number of carbonyl (C=O) groups is 1. The fourth-order valence-electron chi connectivity index (χ4n) is 2.35. The average Bonchev–Trinajstić information content (AvgIpc) is 2.54. The minimum Gasteiger partial charge on any atom is -0.495 e. The summed E-state index contributed by atoms with van der Waals surface area (Å²) in [6.07, 6.45) is -0.661. The number of benzene rings is 2. The lowest BCUT2D eigenvalue weighted by molar-refractivity contribution is -0.122. The minimum absolute atomic E-state index is 0.0747. The van der Waals surface area contributed by atoms with Crippen LogP contribution in [0.15, 0.2) is 42.5 Å². The Labute approximate surface area is 149 Å². The van der Waals surface area contributed by atoms with Crippen LogP contribution in [0.2, 0.25) is 0 Å². The molecule has 0 aromatic heterocycles. The second-order valence-electron chi connectivity index (χ2n) is 6.98. The van der Waals surface area contributed by atoms with Crippen molar-refractivity contribution in [2.45, 2.75) is 39.2 Å². The summed E-state index contributed by atoms with van der Waals surface area (Å²) in [5.74, 6) is 0.920. The molecule has 0 aliphatic rings. The van der Waals surface area contributed by atoms with Gasteiger partial charge in [-0.3, -0.25) is 4.79 Å². The van der Waals surface area contributed by atoms with Crippen molar-refractivity contribution in [3.05, 3.63) is 48.0 Å². The summed E-state index contributed by atoms with van der Waals surface area (Å²) < 4.78 is 11.0. The second kappa shape index (κ2) is 7.47. The molecular formula is C20H26N2O3. The number of nitrogens with two attached hydrogens (primary N) is 1. The molecule has 3 N–H and O–H groups in total. The normalized spacial score (nSPS) is 12.4. The zero-order valence-corrected chi connectivity index (χ0v) is 15.4. The van der Waals surface area contributed by atoms with Gasteiger partial charge in [0, 0.05) is 5.69 Å². The number of methoxy groups -OCH3 is 1. The van der Waals surface area contributed by atoms with Gasteiger partial charge in [0.1, 0.15) is 11.5 Å². The van der Waals surface area contributed by atoms with Crippen molar-refractivity contribution in [3.63, 3.8) is 0 Å². The van der Waals surface area contributed by atoms with Crippen molar-refractivity contribution in [2.24, 2.45) is 0 Å². The summed E-state index contributed by atoms with van der Waals surface area (Å²) in [7, 11) is 1.54. The van der Waals surface area contributed by atoms with E-state index in [2.05, 4.69) is 26.1 Å². The molecule has 5 heteroatoms. The van der Waals surface area contributed by atoms with Crippen molar-refractivity contribution in [3.8, 4) is 11.5 Å². The number of carbonyl (C=O) groups excluding carboxylic acids is 1. The Bertz CT molecular complexity index is 734. The molecule has 0 spiro atoms. The molecule has 25 heavy (non-hydrogen) atoms. The molecule has 0 aliphatic heterocycles. The molecule has 0 saturated carbocycles. The predicted octanol–water partition coefficient (Wildman–Crippen LogP) is 3.98. The summed E-state index contributed by atoms with van der Waals surface area (Å²) in [5, 5.41) is 2.79. The third kappa shape index (κ3) is 4.89. The van der Waals surface area contributed by atoms with Crippen LogP contribution in [-0.2, 0) is 10.2 Å². The SMILES string of the molecule is COc1ccc(N)cc1NC(=O)C(C)Oc1ccc(C(C)(C)C)cc1. The van der Waals surface area contributed by atoms with Gasteiger partial charge in [0.2, 0.25) is 0 Å². The van der Waals surface area contributed by atoms with Crippen LogP contribution in [-0.4, -0.2) is 19.1 Å². The van der Waals surface area contributed by atoms with E-state index in [-0.39, 0.29) is 11.3 Å². The number of hydrogen-bond donors (Lipinski definition) is 2. The van der Waals surface area contributed by atoms with E-state index in [1.165, 1.54) is 12.7 Å². The maximum atomic E-state index is 12.4. The van der Waals surface area contributed by atoms with E-state index in [9.17, 15) is 4.79 Å². The molecule has 134 valence electrons. The van der Waals surface area contributed by atoms with Gasteiger partial charge in [0.15, 0.2) is 6.10 Å². The molecule has 2 aromatic rings. The van der Waals surface area contributed by atoms with Gasteiger partial charge in [-0.15, -0.1) is 0 Å². The Hall–Kier alpha value is -2.69. The quantitative estimate of drug-likeness (QED) is 0.806. The Morgan fingerprint density at radius 3 is 2.32 bits per heavy atom. The standard InChI is InChI=1S/C20H26N2O3/c1-13(25-16-9-6-14(7-10-16)20(2,3)4)19(23)22-17-12-15(21)8-11-18(17)24-5/h6-13H,21H2,1-5H3,(H,22,23). The van der Waals surface area contributed by atoms with E-state index in [0.29, 0.717) is 22.9 Å². The molecule has 2 rings (SSSR count). The van der Waals surface area contributed by atoms with Crippen LogP contribution in [0.1, 0.15) is 33.3 Å². The lowest BCUT2D eigenvalue weighted by atomic mass is 9.87. The second-order valence-corrected chi connectivity index (χ2v) is 6.98. The molecule has 0 fully saturated rings. The van der Waals surface area contributed by atoms with Crippen molar-refractivity contribution >= 4 is 17.3 Å². The Balaban J connectivity index is 2.04. The molecule has 0 bridgehead atoms. The number of anilines is 2. The van der Waals surface area contributed by atoms with Gasteiger partial charge in [-0.1, -0.05) is 32.9 Å². The third-order valence-corrected chi connectivity index (χ3v) is 3.88. The van der Waals surface area contributed by atoms with Crippen LogP contribution in [0.25, 0.3) is 0 Å². The molecular weight excluding hydrogens is 316 g/mol. The number of ether oxygens (including phenoxy) is 2. The fourth-order valence-corrected chi connectivity index (χ4v) is 2.35. The largest absolute Gasteiger partial charge is 0.495 e. The lowest BCUT2D eigenvalue weighted by Crippen LogP contribution is -2.30. The number of hydrogen-bond acceptors (Lipinski definition) is 4. The van der Waals surface area contributed by atoms with Gasteiger partial charge >= 0.3 is 0 Å². The molecule has 0 saturated heterocycles. The maximum absolute atomic E-state index is 12.4. The van der Waals surface area contributed by atoms with Gasteiger partial charge in [-0.2, -0.15) is 0 Å². The van der Waals surface area contributed by atoms with Crippen molar-refractivity contribution in [1.29, 1.82) is 0 Å². The highest BCUT2D eigenvalue weighted by atomic mass is 16.5. The Morgan fingerprint density at radius 2 is 1.76 bits per heavy atom. The molecule has 0 radical (unpaired) electrons. The maximum Gasteiger partial charge on any atom is 0.265 e. The summed E-state index contributed by atoms with van der Waals surface area (Å²) in [4.78, 5) is 12.4. The van der Waals surface area contributed by atoms with Gasteiger partial charge in [0.05, 0.1) is 12.8 Å². The van der Waals surface area contributed by atoms with E-state index in [1.807, 2.05) is 24.3 Å². The molecule has 1 atom stereocenters. The average molecular weight is 342 g/mol.